The van der Waals surface area contributed by atoms with Crippen molar-refractivity contribution in [2.75, 3.05) is 6.54 Å². The second-order valence-corrected chi connectivity index (χ2v) is 7.86. The third-order valence-corrected chi connectivity index (χ3v) is 5.17. The number of hydrogen-bond donors (Lipinski definition) is 7. The van der Waals surface area contributed by atoms with Gasteiger partial charge in [-0.3, -0.25) is 28.8 Å². The fourth-order valence-electron chi connectivity index (χ4n) is 3.40. The van der Waals surface area contributed by atoms with Gasteiger partial charge in [0.15, 0.2) is 0 Å². The number of carbonyl (C=O) groups is 7. The highest BCUT2D eigenvalue weighted by Gasteiger charge is 2.38. The summed E-state index contributed by atoms with van der Waals surface area (Å²) in [5.41, 5.74) is 15.8. The number of nitrogens with two attached hydrogens (primary N) is 3. The molecular weight excluding hydrogens is 456 g/mol. The number of carboxylic acid groups (broad SMARTS) is 2. The van der Waals surface area contributed by atoms with Crippen molar-refractivity contribution in [3.63, 3.8) is 0 Å². The Morgan fingerprint density at radius 1 is 0.882 bits per heavy atom. The van der Waals surface area contributed by atoms with Gasteiger partial charge in [-0.2, -0.15) is 0 Å². The first-order chi connectivity index (χ1) is 15.8. The molecule has 1 heterocycles. The minimum absolute atomic E-state index is 0.114. The average molecular weight is 486 g/mol. The fourth-order valence-corrected chi connectivity index (χ4v) is 3.40. The molecule has 1 saturated heterocycles. The Kier molecular flexibility index (Phi) is 10.9. The number of aliphatic carboxylic acids is 2. The maximum atomic E-state index is 13.0. The molecule has 190 valence electrons. The van der Waals surface area contributed by atoms with Gasteiger partial charge in [0.25, 0.3) is 0 Å². The summed E-state index contributed by atoms with van der Waals surface area (Å²) < 4.78 is 0. The van der Waals surface area contributed by atoms with Crippen molar-refractivity contribution in [1.82, 2.24) is 15.5 Å². The van der Waals surface area contributed by atoms with Crippen LogP contribution in [0.2, 0.25) is 0 Å². The van der Waals surface area contributed by atoms with Crippen LogP contribution in [0.3, 0.4) is 0 Å². The molecule has 1 aliphatic rings. The van der Waals surface area contributed by atoms with Gasteiger partial charge in [-0.05, 0) is 25.7 Å². The summed E-state index contributed by atoms with van der Waals surface area (Å²) in [4.78, 5) is 83.8. The van der Waals surface area contributed by atoms with Gasteiger partial charge in [0.05, 0.1) is 12.5 Å². The van der Waals surface area contributed by atoms with Gasteiger partial charge in [0, 0.05) is 19.4 Å². The van der Waals surface area contributed by atoms with Gasteiger partial charge in [-0.15, -0.1) is 0 Å². The zero-order chi connectivity index (χ0) is 26.0. The van der Waals surface area contributed by atoms with Crippen LogP contribution in [0.25, 0.3) is 0 Å². The smallest absolute Gasteiger partial charge is 0.326 e. The molecular formula is C19H30N6O9. The first kappa shape index (κ1) is 28.3. The van der Waals surface area contributed by atoms with E-state index in [2.05, 4.69) is 10.6 Å². The molecule has 0 aliphatic carbocycles. The van der Waals surface area contributed by atoms with E-state index in [4.69, 9.17) is 22.3 Å². The van der Waals surface area contributed by atoms with E-state index in [1.54, 1.807) is 0 Å². The molecule has 1 rings (SSSR count). The summed E-state index contributed by atoms with van der Waals surface area (Å²) in [6, 6.07) is -5.41. The largest absolute Gasteiger partial charge is 0.481 e. The van der Waals surface area contributed by atoms with E-state index in [-0.39, 0.29) is 38.6 Å². The van der Waals surface area contributed by atoms with Crippen molar-refractivity contribution < 1.29 is 43.8 Å². The molecule has 0 radical (unpaired) electrons. The van der Waals surface area contributed by atoms with Crippen molar-refractivity contribution in [2.24, 2.45) is 17.2 Å². The molecule has 0 bridgehead atoms. The summed E-state index contributed by atoms with van der Waals surface area (Å²) >= 11 is 0. The molecule has 15 heteroatoms. The lowest BCUT2D eigenvalue weighted by Crippen LogP contribution is -2.57. The highest BCUT2D eigenvalue weighted by molar-refractivity contribution is 5.96. The third-order valence-electron chi connectivity index (χ3n) is 5.17. The van der Waals surface area contributed by atoms with Crippen molar-refractivity contribution >= 4 is 41.5 Å². The molecule has 4 atom stereocenters. The van der Waals surface area contributed by atoms with Crippen LogP contribution < -0.4 is 27.8 Å². The second kappa shape index (κ2) is 13.1. The molecule has 1 fully saturated rings. The number of amides is 5. The maximum Gasteiger partial charge on any atom is 0.326 e. The number of likely N-dealkylation sites (tertiary alicyclic amines) is 1. The SMILES string of the molecule is NC(=O)CCC(N)C(=O)NC(CC(=O)O)C(=O)NC(CCC(N)=O)C(=O)N1CCCC1C(=O)O. The number of carboxylic acids is 2. The highest BCUT2D eigenvalue weighted by atomic mass is 16.4. The molecule has 0 saturated carbocycles. The summed E-state index contributed by atoms with van der Waals surface area (Å²) in [6.07, 6.45) is -1.19. The van der Waals surface area contributed by atoms with Crippen LogP contribution in [-0.4, -0.2) is 87.3 Å². The Morgan fingerprint density at radius 2 is 1.44 bits per heavy atom. The Balaban J connectivity index is 3.00. The average Bonchev–Trinajstić information content (AvgIpc) is 3.23. The lowest BCUT2D eigenvalue weighted by atomic mass is 10.1. The van der Waals surface area contributed by atoms with E-state index in [0.717, 1.165) is 4.90 Å². The van der Waals surface area contributed by atoms with Gasteiger partial charge in [-0.1, -0.05) is 0 Å². The number of hydrogen-bond acceptors (Lipinski definition) is 8. The Morgan fingerprint density at radius 3 is 1.97 bits per heavy atom. The maximum absolute atomic E-state index is 13.0. The predicted molar refractivity (Wildman–Crippen MR) is 113 cm³/mol. The molecule has 4 unspecified atom stereocenters. The van der Waals surface area contributed by atoms with Crippen molar-refractivity contribution in [2.45, 2.75) is 69.1 Å². The van der Waals surface area contributed by atoms with Crippen LogP contribution in [0, 0.1) is 0 Å². The van der Waals surface area contributed by atoms with Gasteiger partial charge in [0.2, 0.25) is 29.5 Å². The molecule has 10 N–H and O–H groups in total. The molecule has 5 amide bonds. The number of carbonyl (C=O) groups excluding carboxylic acids is 5. The third kappa shape index (κ3) is 9.01. The number of rotatable bonds is 14. The molecule has 1 aliphatic heterocycles. The second-order valence-electron chi connectivity index (χ2n) is 7.86. The molecule has 0 aromatic rings. The predicted octanol–water partition coefficient (Wildman–Crippen LogP) is -3.64. The minimum atomic E-state index is -1.65. The summed E-state index contributed by atoms with van der Waals surface area (Å²) in [5, 5.41) is 22.9. The normalized spacial score (nSPS) is 17.8. The Hall–Kier alpha value is -3.75. The van der Waals surface area contributed by atoms with Gasteiger partial charge < -0.3 is 42.9 Å². The van der Waals surface area contributed by atoms with E-state index < -0.39 is 72.1 Å². The lowest BCUT2D eigenvalue weighted by molar-refractivity contribution is -0.150. The van der Waals surface area contributed by atoms with Gasteiger partial charge in [0.1, 0.15) is 18.1 Å². The van der Waals surface area contributed by atoms with E-state index in [9.17, 15) is 38.7 Å². The Labute approximate surface area is 194 Å². The van der Waals surface area contributed by atoms with Crippen molar-refractivity contribution in [3.05, 3.63) is 0 Å². The summed E-state index contributed by atoms with van der Waals surface area (Å²) in [6.45, 7) is 0.114. The number of nitrogens with zero attached hydrogens (tertiary/aromatic N) is 1. The van der Waals surface area contributed by atoms with E-state index in [1.807, 2.05) is 0 Å². The lowest BCUT2D eigenvalue weighted by Gasteiger charge is -2.28. The number of nitrogens with one attached hydrogen (secondary N) is 2. The van der Waals surface area contributed by atoms with Crippen molar-refractivity contribution in [3.8, 4) is 0 Å². The molecule has 0 aromatic heterocycles. The Bertz CT molecular complexity index is 833. The van der Waals surface area contributed by atoms with Crippen LogP contribution in [-0.2, 0) is 33.6 Å². The zero-order valence-electron chi connectivity index (χ0n) is 18.4. The zero-order valence-corrected chi connectivity index (χ0v) is 18.4. The quantitative estimate of drug-likeness (QED) is 0.126. The monoisotopic (exact) mass is 486 g/mol. The highest BCUT2D eigenvalue weighted by Crippen LogP contribution is 2.19. The van der Waals surface area contributed by atoms with Crippen LogP contribution in [0.5, 0.6) is 0 Å². The van der Waals surface area contributed by atoms with Crippen LogP contribution in [0.1, 0.15) is 44.9 Å². The summed E-state index contributed by atoms with van der Waals surface area (Å²) in [7, 11) is 0. The van der Waals surface area contributed by atoms with E-state index >= 15 is 0 Å². The standard InChI is InChI=1S/C19H30N6O9/c20-9(3-5-13(21)26)16(30)24-11(8-15(28)29)17(31)23-10(4-6-14(22)27)18(32)25-7-1-2-12(25)19(33)34/h9-12H,1-8,20H2,(H2,21,26)(H2,22,27)(H,23,31)(H,24,30)(H,28,29)(H,33,34). The van der Waals surface area contributed by atoms with Crippen molar-refractivity contribution in [1.29, 1.82) is 0 Å². The fraction of sp³-hybridized carbons (Fsp3) is 0.632. The van der Waals surface area contributed by atoms with E-state index in [0.29, 0.717) is 6.42 Å². The molecule has 0 aromatic carbocycles. The van der Waals surface area contributed by atoms with Gasteiger partial charge in [-0.25, -0.2) is 4.79 Å². The molecule has 34 heavy (non-hydrogen) atoms. The van der Waals surface area contributed by atoms with Crippen LogP contribution in [0.4, 0.5) is 0 Å². The minimum Gasteiger partial charge on any atom is -0.481 e. The molecule has 15 nitrogen and oxygen atoms in total. The van der Waals surface area contributed by atoms with Gasteiger partial charge >= 0.3 is 11.9 Å². The first-order valence-electron chi connectivity index (χ1n) is 10.5. The van der Waals surface area contributed by atoms with Crippen LogP contribution in [0.15, 0.2) is 0 Å². The number of primary amides is 2. The topological polar surface area (TPSA) is 265 Å². The summed E-state index contributed by atoms with van der Waals surface area (Å²) in [5.74, 6) is -6.93. The van der Waals surface area contributed by atoms with Crippen LogP contribution >= 0.6 is 0 Å². The molecule has 0 spiro atoms. The first-order valence-corrected chi connectivity index (χ1v) is 10.5. The van der Waals surface area contributed by atoms with E-state index in [1.165, 1.54) is 0 Å².